The van der Waals surface area contributed by atoms with Crippen LogP contribution in [0.4, 0.5) is 5.69 Å². The summed E-state index contributed by atoms with van der Waals surface area (Å²) in [7, 11) is 0. The number of anilines is 1. The van der Waals surface area contributed by atoms with Gasteiger partial charge in [0.1, 0.15) is 0 Å². The number of amides is 2. The van der Waals surface area contributed by atoms with Crippen molar-refractivity contribution in [3.63, 3.8) is 0 Å². The van der Waals surface area contributed by atoms with Crippen molar-refractivity contribution < 1.29 is 9.59 Å². The minimum absolute atomic E-state index is 0.0819. The number of nitrogens with two attached hydrogens (primary N) is 1. The number of carbonyl (C=O) groups excluding carboxylic acids is 2. The smallest absolute Gasteiger partial charge is 0.253 e. The van der Waals surface area contributed by atoms with Gasteiger partial charge in [0.25, 0.3) is 5.91 Å². The number of benzene rings is 1. The second kappa shape index (κ2) is 7.00. The highest BCUT2D eigenvalue weighted by molar-refractivity contribution is 9.10. The molecule has 98 valence electrons. The van der Waals surface area contributed by atoms with E-state index in [1.165, 1.54) is 0 Å². The van der Waals surface area contributed by atoms with Crippen molar-refractivity contribution in [3.8, 4) is 0 Å². The second-order valence-corrected chi connectivity index (χ2v) is 4.61. The number of hydrogen-bond donors (Lipinski definition) is 3. The first-order chi connectivity index (χ1) is 8.54. The molecule has 0 bridgehead atoms. The Balaban J connectivity index is 2.48. The molecule has 0 aliphatic rings. The summed E-state index contributed by atoms with van der Waals surface area (Å²) in [4.78, 5) is 23.0. The molecule has 0 atom stereocenters. The number of nitrogens with one attached hydrogen (secondary N) is 2. The highest BCUT2D eigenvalue weighted by Gasteiger charge is 2.09. The molecule has 5 nitrogen and oxygen atoms in total. The Bertz CT molecular complexity index is 449. The van der Waals surface area contributed by atoms with Crippen LogP contribution in [0.15, 0.2) is 22.7 Å². The van der Waals surface area contributed by atoms with Gasteiger partial charge in [0, 0.05) is 29.7 Å². The minimum Gasteiger partial charge on any atom is -0.398 e. The molecule has 0 radical (unpaired) electrons. The Morgan fingerprint density at radius 1 is 1.33 bits per heavy atom. The van der Waals surface area contributed by atoms with Crippen molar-refractivity contribution in [1.82, 2.24) is 10.6 Å². The summed E-state index contributed by atoms with van der Waals surface area (Å²) < 4.78 is 0.818. The first-order valence-corrected chi connectivity index (χ1v) is 6.43. The van der Waals surface area contributed by atoms with Crippen LogP contribution in [-0.4, -0.2) is 24.9 Å². The minimum atomic E-state index is -0.274. The van der Waals surface area contributed by atoms with E-state index in [0.717, 1.165) is 4.47 Å². The van der Waals surface area contributed by atoms with Crippen molar-refractivity contribution in [2.45, 2.75) is 13.3 Å². The van der Waals surface area contributed by atoms with E-state index in [0.29, 0.717) is 24.3 Å². The van der Waals surface area contributed by atoms with E-state index in [4.69, 9.17) is 5.73 Å². The lowest BCUT2D eigenvalue weighted by Crippen LogP contribution is -2.30. The highest BCUT2D eigenvalue weighted by atomic mass is 79.9. The molecule has 1 aromatic rings. The molecule has 1 aromatic carbocycles. The Morgan fingerprint density at radius 3 is 2.67 bits per heavy atom. The van der Waals surface area contributed by atoms with E-state index in [1.807, 2.05) is 6.92 Å². The number of rotatable bonds is 5. The molecule has 6 heteroatoms. The van der Waals surface area contributed by atoms with Crippen molar-refractivity contribution >= 4 is 33.4 Å². The van der Waals surface area contributed by atoms with Gasteiger partial charge in [-0.3, -0.25) is 9.59 Å². The third kappa shape index (κ3) is 4.37. The van der Waals surface area contributed by atoms with Gasteiger partial charge in [-0.1, -0.05) is 15.9 Å². The summed E-state index contributed by atoms with van der Waals surface area (Å²) >= 11 is 3.27. The third-order valence-electron chi connectivity index (χ3n) is 2.27. The summed E-state index contributed by atoms with van der Waals surface area (Å²) in [6.07, 6.45) is 0.260. The predicted octanol–water partition coefficient (Wildman–Crippen LogP) is 1.29. The van der Waals surface area contributed by atoms with Crippen LogP contribution in [0, 0.1) is 0 Å². The molecule has 4 N–H and O–H groups in total. The molecule has 0 aromatic heterocycles. The van der Waals surface area contributed by atoms with Crippen LogP contribution < -0.4 is 16.4 Å². The van der Waals surface area contributed by atoms with Crippen molar-refractivity contribution in [2.24, 2.45) is 0 Å². The third-order valence-corrected chi connectivity index (χ3v) is 2.76. The molecule has 0 unspecified atom stereocenters. The molecule has 18 heavy (non-hydrogen) atoms. The molecule has 0 spiro atoms. The normalized spacial score (nSPS) is 9.89. The second-order valence-electron chi connectivity index (χ2n) is 3.69. The highest BCUT2D eigenvalue weighted by Crippen LogP contribution is 2.18. The molecule has 0 aliphatic carbocycles. The van der Waals surface area contributed by atoms with E-state index < -0.39 is 0 Å². The van der Waals surface area contributed by atoms with Crippen molar-refractivity contribution in [1.29, 1.82) is 0 Å². The largest absolute Gasteiger partial charge is 0.398 e. The molecular weight excluding hydrogens is 298 g/mol. The van der Waals surface area contributed by atoms with E-state index in [2.05, 4.69) is 26.6 Å². The van der Waals surface area contributed by atoms with Crippen LogP contribution in [0.1, 0.15) is 23.7 Å². The average Bonchev–Trinajstić information content (AvgIpc) is 2.29. The summed E-state index contributed by atoms with van der Waals surface area (Å²) in [6.45, 7) is 2.73. The van der Waals surface area contributed by atoms with Gasteiger partial charge >= 0.3 is 0 Å². The first kappa shape index (κ1) is 14.5. The van der Waals surface area contributed by atoms with Gasteiger partial charge in [-0.25, -0.2) is 0 Å². The van der Waals surface area contributed by atoms with Crippen LogP contribution in [0.25, 0.3) is 0 Å². The standard InChI is InChI=1S/C12H16BrN3O2/c1-2-15-11(17)5-6-16-12(18)9-4-3-8(13)7-10(9)14/h3-4,7H,2,5-6,14H2,1H3,(H,15,17)(H,16,18). The zero-order valence-electron chi connectivity index (χ0n) is 10.1. The van der Waals surface area contributed by atoms with Crippen LogP contribution in [0.5, 0.6) is 0 Å². The van der Waals surface area contributed by atoms with E-state index in [9.17, 15) is 9.59 Å². The summed E-state index contributed by atoms with van der Waals surface area (Å²) in [6, 6.07) is 5.05. The lowest BCUT2D eigenvalue weighted by Gasteiger charge is -2.07. The Morgan fingerprint density at radius 2 is 2.06 bits per heavy atom. The fourth-order valence-corrected chi connectivity index (χ4v) is 1.79. The van der Waals surface area contributed by atoms with E-state index >= 15 is 0 Å². The summed E-state index contributed by atoms with van der Waals surface area (Å²) in [5, 5.41) is 5.31. The lowest BCUT2D eigenvalue weighted by molar-refractivity contribution is -0.120. The fourth-order valence-electron chi connectivity index (χ4n) is 1.41. The topological polar surface area (TPSA) is 84.2 Å². The Labute approximate surface area is 114 Å². The summed E-state index contributed by atoms with van der Waals surface area (Å²) in [5.41, 5.74) is 6.55. The van der Waals surface area contributed by atoms with Gasteiger partial charge in [-0.15, -0.1) is 0 Å². The number of carbonyl (C=O) groups is 2. The van der Waals surface area contributed by atoms with Gasteiger partial charge in [-0.05, 0) is 25.1 Å². The lowest BCUT2D eigenvalue weighted by atomic mass is 10.1. The van der Waals surface area contributed by atoms with E-state index in [-0.39, 0.29) is 18.2 Å². The molecular formula is C12H16BrN3O2. The van der Waals surface area contributed by atoms with Crippen LogP contribution in [0.2, 0.25) is 0 Å². The number of hydrogen-bond acceptors (Lipinski definition) is 3. The SMILES string of the molecule is CCNC(=O)CCNC(=O)c1ccc(Br)cc1N. The Kier molecular flexibility index (Phi) is 5.64. The zero-order valence-corrected chi connectivity index (χ0v) is 11.7. The molecule has 0 fully saturated rings. The van der Waals surface area contributed by atoms with Crippen LogP contribution >= 0.6 is 15.9 Å². The number of halogens is 1. The van der Waals surface area contributed by atoms with Crippen LogP contribution in [0.3, 0.4) is 0 Å². The van der Waals surface area contributed by atoms with Gasteiger partial charge in [0.15, 0.2) is 0 Å². The van der Waals surface area contributed by atoms with E-state index in [1.54, 1.807) is 18.2 Å². The zero-order chi connectivity index (χ0) is 13.5. The maximum atomic E-state index is 11.8. The van der Waals surface area contributed by atoms with Gasteiger partial charge in [0.2, 0.25) is 5.91 Å². The van der Waals surface area contributed by atoms with Crippen LogP contribution in [-0.2, 0) is 4.79 Å². The average molecular weight is 314 g/mol. The first-order valence-electron chi connectivity index (χ1n) is 5.64. The van der Waals surface area contributed by atoms with Gasteiger partial charge in [-0.2, -0.15) is 0 Å². The maximum absolute atomic E-state index is 11.8. The molecule has 0 saturated carbocycles. The maximum Gasteiger partial charge on any atom is 0.253 e. The molecule has 0 heterocycles. The quantitative estimate of drug-likeness (QED) is 0.716. The van der Waals surface area contributed by atoms with Crippen molar-refractivity contribution in [2.75, 3.05) is 18.8 Å². The molecule has 2 amide bonds. The number of nitrogen functional groups attached to an aromatic ring is 1. The van der Waals surface area contributed by atoms with Gasteiger partial charge < -0.3 is 16.4 Å². The predicted molar refractivity (Wildman–Crippen MR) is 74.2 cm³/mol. The van der Waals surface area contributed by atoms with Crippen molar-refractivity contribution in [3.05, 3.63) is 28.2 Å². The monoisotopic (exact) mass is 313 g/mol. The molecule has 0 aliphatic heterocycles. The fraction of sp³-hybridized carbons (Fsp3) is 0.333. The molecule has 1 rings (SSSR count). The molecule has 0 saturated heterocycles. The van der Waals surface area contributed by atoms with Gasteiger partial charge in [0.05, 0.1) is 5.56 Å². The Hall–Kier alpha value is -1.56. The summed E-state index contributed by atoms with van der Waals surface area (Å²) in [5.74, 6) is -0.356.